The molecular weight excluding hydrogens is 168 g/mol. The molecule has 1 heterocycles. The molecule has 1 rings (SSSR count). The van der Waals surface area contributed by atoms with Gasteiger partial charge >= 0.3 is 6.03 Å². The van der Waals surface area contributed by atoms with E-state index in [1.54, 1.807) is 6.26 Å². The lowest BCUT2D eigenvalue weighted by molar-refractivity contribution is -0.132. The molecule has 0 aromatic carbocycles. The second-order valence-corrected chi connectivity index (χ2v) is 2.63. The third-order valence-electron chi connectivity index (χ3n) is 1.15. The number of rotatable bonds is 1. The molecule has 0 bridgehead atoms. The second kappa shape index (κ2) is 2.91. The van der Waals surface area contributed by atoms with Gasteiger partial charge in [-0.25, -0.2) is 9.10 Å². The Bertz CT molecular complexity index is 208. The molecule has 5 nitrogen and oxygen atoms in total. The number of carbonyl (C=O) groups excluding carboxylic acids is 3. The first-order valence-corrected chi connectivity index (χ1v) is 4.04. The van der Waals surface area contributed by atoms with E-state index in [1.165, 1.54) is 0 Å². The van der Waals surface area contributed by atoms with Crippen molar-refractivity contribution in [3.8, 4) is 0 Å². The van der Waals surface area contributed by atoms with Crippen molar-refractivity contribution < 1.29 is 14.4 Å². The Balaban J connectivity index is 2.74. The van der Waals surface area contributed by atoms with Crippen molar-refractivity contribution in [1.82, 2.24) is 9.62 Å². The Morgan fingerprint density at radius 3 is 2.55 bits per heavy atom. The van der Waals surface area contributed by atoms with Gasteiger partial charge in [0, 0.05) is 6.26 Å². The van der Waals surface area contributed by atoms with Gasteiger partial charge in [0.2, 0.25) is 11.8 Å². The standard InChI is InChI=1S/C5H6N2O3S/c1-11-7-4(9)2-3(8)6-5(7)10/h2H2,1H3,(H,6,8,10). The molecule has 1 N–H and O–H groups in total. The normalized spacial score (nSPS) is 18.6. The van der Waals surface area contributed by atoms with Crippen molar-refractivity contribution in [1.29, 1.82) is 0 Å². The van der Waals surface area contributed by atoms with E-state index < -0.39 is 17.8 Å². The molecule has 1 fully saturated rings. The van der Waals surface area contributed by atoms with Gasteiger partial charge < -0.3 is 0 Å². The smallest absolute Gasteiger partial charge is 0.276 e. The minimum absolute atomic E-state index is 0.243. The highest BCUT2D eigenvalue weighted by atomic mass is 32.2. The zero-order valence-corrected chi connectivity index (χ0v) is 6.60. The van der Waals surface area contributed by atoms with Crippen LogP contribution in [0.2, 0.25) is 0 Å². The summed E-state index contributed by atoms with van der Waals surface area (Å²) in [5.41, 5.74) is 0. The number of amides is 4. The van der Waals surface area contributed by atoms with Gasteiger partial charge in [0.1, 0.15) is 6.42 Å². The Hall–Kier alpha value is -1.04. The number of urea groups is 1. The Morgan fingerprint density at radius 2 is 2.09 bits per heavy atom. The average molecular weight is 174 g/mol. The number of nitrogens with one attached hydrogen (secondary N) is 1. The third-order valence-corrected chi connectivity index (χ3v) is 1.89. The summed E-state index contributed by atoms with van der Waals surface area (Å²) in [5, 5.41) is 2.02. The van der Waals surface area contributed by atoms with E-state index in [0.29, 0.717) is 0 Å². The van der Waals surface area contributed by atoms with Gasteiger partial charge in [-0.05, 0) is 11.9 Å². The summed E-state index contributed by atoms with van der Waals surface area (Å²) in [6.07, 6.45) is 1.35. The molecule has 0 aromatic rings. The van der Waals surface area contributed by atoms with E-state index in [4.69, 9.17) is 0 Å². The third kappa shape index (κ3) is 1.51. The van der Waals surface area contributed by atoms with E-state index in [0.717, 1.165) is 16.3 Å². The number of hydrogen-bond donors (Lipinski definition) is 1. The van der Waals surface area contributed by atoms with Crippen LogP contribution in [-0.4, -0.2) is 28.4 Å². The molecule has 11 heavy (non-hydrogen) atoms. The van der Waals surface area contributed by atoms with Crippen LogP contribution < -0.4 is 5.32 Å². The molecule has 0 spiro atoms. The minimum Gasteiger partial charge on any atom is -0.276 e. The largest absolute Gasteiger partial charge is 0.341 e. The van der Waals surface area contributed by atoms with Crippen molar-refractivity contribution in [2.45, 2.75) is 6.42 Å². The van der Waals surface area contributed by atoms with Crippen LogP contribution in [0.4, 0.5) is 4.79 Å². The summed E-state index contributed by atoms with van der Waals surface area (Å²) in [7, 11) is 0. The molecule has 0 aromatic heterocycles. The van der Waals surface area contributed by atoms with Gasteiger partial charge in [0.15, 0.2) is 0 Å². The Morgan fingerprint density at radius 1 is 1.45 bits per heavy atom. The van der Waals surface area contributed by atoms with E-state index in [1.807, 2.05) is 5.32 Å². The van der Waals surface area contributed by atoms with Gasteiger partial charge in [-0.3, -0.25) is 14.9 Å². The predicted molar refractivity (Wildman–Crippen MR) is 38.5 cm³/mol. The van der Waals surface area contributed by atoms with Crippen LogP contribution in [0.15, 0.2) is 0 Å². The van der Waals surface area contributed by atoms with Crippen molar-refractivity contribution in [3.63, 3.8) is 0 Å². The zero-order valence-electron chi connectivity index (χ0n) is 5.79. The first-order valence-electron chi connectivity index (χ1n) is 2.86. The summed E-state index contributed by atoms with van der Waals surface area (Å²) in [6.45, 7) is 0. The van der Waals surface area contributed by atoms with Crippen molar-refractivity contribution >= 4 is 29.8 Å². The lowest BCUT2D eigenvalue weighted by Gasteiger charge is -2.21. The summed E-state index contributed by atoms with van der Waals surface area (Å²) >= 11 is 0.984. The molecule has 4 amide bonds. The van der Waals surface area contributed by atoms with E-state index in [9.17, 15) is 14.4 Å². The predicted octanol–water partition coefficient (Wildman–Crippen LogP) is -0.267. The van der Waals surface area contributed by atoms with Gasteiger partial charge in [-0.15, -0.1) is 0 Å². The SMILES string of the molecule is CSN1C(=O)CC(=O)NC1=O. The zero-order chi connectivity index (χ0) is 8.43. The molecule has 0 saturated carbocycles. The fourth-order valence-corrected chi connectivity index (χ4v) is 1.20. The van der Waals surface area contributed by atoms with Crippen LogP contribution in [-0.2, 0) is 9.59 Å². The van der Waals surface area contributed by atoms with Crippen LogP contribution in [0.5, 0.6) is 0 Å². The highest BCUT2D eigenvalue weighted by molar-refractivity contribution is 7.97. The molecular formula is C5H6N2O3S. The molecule has 0 atom stereocenters. The van der Waals surface area contributed by atoms with Crippen LogP contribution in [0.1, 0.15) is 6.42 Å². The number of nitrogens with zero attached hydrogens (tertiary/aromatic N) is 1. The summed E-state index contributed by atoms with van der Waals surface area (Å²) in [6, 6.07) is -0.654. The van der Waals surface area contributed by atoms with E-state index in [-0.39, 0.29) is 6.42 Å². The molecule has 1 aliphatic heterocycles. The first kappa shape index (κ1) is 8.06. The second-order valence-electron chi connectivity index (χ2n) is 1.90. The lowest BCUT2D eigenvalue weighted by atomic mass is 10.3. The molecule has 0 radical (unpaired) electrons. The monoisotopic (exact) mass is 174 g/mol. The first-order chi connectivity index (χ1) is 5.15. The Kier molecular flexibility index (Phi) is 2.13. The maximum Gasteiger partial charge on any atom is 0.341 e. The van der Waals surface area contributed by atoms with E-state index >= 15 is 0 Å². The number of carbonyl (C=O) groups is 3. The van der Waals surface area contributed by atoms with Crippen LogP contribution in [0, 0.1) is 0 Å². The van der Waals surface area contributed by atoms with Gasteiger partial charge in [-0.2, -0.15) is 0 Å². The summed E-state index contributed by atoms with van der Waals surface area (Å²) < 4.78 is 0.918. The van der Waals surface area contributed by atoms with Crippen molar-refractivity contribution in [3.05, 3.63) is 0 Å². The summed E-state index contributed by atoms with van der Waals surface area (Å²) in [4.78, 5) is 32.2. The van der Waals surface area contributed by atoms with Crippen molar-refractivity contribution in [2.75, 3.05) is 6.26 Å². The van der Waals surface area contributed by atoms with Crippen LogP contribution in [0.3, 0.4) is 0 Å². The molecule has 60 valence electrons. The molecule has 1 aliphatic rings. The van der Waals surface area contributed by atoms with Gasteiger partial charge in [0.05, 0.1) is 0 Å². The van der Waals surface area contributed by atoms with Gasteiger partial charge in [-0.1, -0.05) is 0 Å². The fraction of sp³-hybridized carbons (Fsp3) is 0.400. The average Bonchev–Trinajstić information content (AvgIpc) is 1.85. The van der Waals surface area contributed by atoms with Crippen LogP contribution in [0.25, 0.3) is 0 Å². The van der Waals surface area contributed by atoms with Gasteiger partial charge in [0.25, 0.3) is 0 Å². The molecule has 0 unspecified atom stereocenters. The summed E-state index contributed by atoms with van der Waals surface area (Å²) in [5.74, 6) is -1.00. The fourth-order valence-electron chi connectivity index (χ4n) is 0.721. The maximum absolute atomic E-state index is 10.9. The highest BCUT2D eigenvalue weighted by Crippen LogP contribution is 2.11. The number of imide groups is 2. The lowest BCUT2D eigenvalue weighted by Crippen LogP contribution is -2.49. The van der Waals surface area contributed by atoms with E-state index in [2.05, 4.69) is 0 Å². The topological polar surface area (TPSA) is 66.5 Å². The Labute approximate surface area is 67.2 Å². The molecule has 0 aliphatic carbocycles. The van der Waals surface area contributed by atoms with Crippen molar-refractivity contribution in [2.24, 2.45) is 0 Å². The quantitative estimate of drug-likeness (QED) is 0.439. The molecule has 6 heteroatoms. The maximum atomic E-state index is 10.9. The molecule has 1 saturated heterocycles. The number of hydrogen-bond acceptors (Lipinski definition) is 4. The number of barbiturate groups is 1. The minimum atomic E-state index is -0.654. The highest BCUT2D eigenvalue weighted by Gasteiger charge is 2.30. The van der Waals surface area contributed by atoms with Crippen LogP contribution >= 0.6 is 11.9 Å².